The van der Waals surface area contributed by atoms with Crippen molar-refractivity contribution in [3.8, 4) is 11.5 Å². The lowest BCUT2D eigenvalue weighted by atomic mass is 9.86. The van der Waals surface area contributed by atoms with E-state index in [1.165, 1.54) is 13.5 Å². The largest absolute Gasteiger partial charge is 0.493 e. The maximum absolute atomic E-state index is 12.1. The standard InChI is InChI=1S/C19H26BrNO5/c1-12-6-4-5-7-15(12)21-18(22)11-26-19(23)9-13-8-16(24-2)17(25-3)10-14(13)20/h8,10,12,15H,4-7,9,11H2,1-3H3,(H,21,22). The topological polar surface area (TPSA) is 73.9 Å². The van der Waals surface area contributed by atoms with Crippen molar-refractivity contribution in [2.75, 3.05) is 20.8 Å². The summed E-state index contributed by atoms with van der Waals surface area (Å²) in [5, 5.41) is 2.97. The molecule has 1 aliphatic carbocycles. The maximum Gasteiger partial charge on any atom is 0.310 e. The predicted octanol–water partition coefficient (Wildman–Crippen LogP) is 3.25. The van der Waals surface area contributed by atoms with E-state index >= 15 is 0 Å². The minimum atomic E-state index is -0.468. The zero-order valence-corrected chi connectivity index (χ0v) is 17.1. The molecule has 0 heterocycles. The molecule has 1 saturated carbocycles. The van der Waals surface area contributed by atoms with Crippen LogP contribution in [0.15, 0.2) is 16.6 Å². The van der Waals surface area contributed by atoms with Crippen molar-refractivity contribution in [1.82, 2.24) is 5.32 Å². The molecule has 0 radical (unpaired) electrons. The highest BCUT2D eigenvalue weighted by Gasteiger charge is 2.23. The molecule has 2 unspecified atom stereocenters. The summed E-state index contributed by atoms with van der Waals surface area (Å²) in [6.07, 6.45) is 4.48. The van der Waals surface area contributed by atoms with Crippen molar-refractivity contribution in [3.63, 3.8) is 0 Å². The van der Waals surface area contributed by atoms with Crippen molar-refractivity contribution < 1.29 is 23.8 Å². The number of nitrogens with one attached hydrogen (secondary N) is 1. The van der Waals surface area contributed by atoms with Gasteiger partial charge in [0.1, 0.15) is 0 Å². The predicted molar refractivity (Wildman–Crippen MR) is 101 cm³/mol. The number of ether oxygens (including phenoxy) is 3. The van der Waals surface area contributed by atoms with Gasteiger partial charge in [0, 0.05) is 10.5 Å². The Morgan fingerprint density at radius 1 is 1.15 bits per heavy atom. The van der Waals surface area contributed by atoms with E-state index in [9.17, 15) is 9.59 Å². The third-order valence-corrected chi connectivity index (χ3v) is 5.45. The zero-order chi connectivity index (χ0) is 19.1. The van der Waals surface area contributed by atoms with Gasteiger partial charge in [-0.3, -0.25) is 9.59 Å². The molecule has 0 aliphatic heterocycles. The Balaban J connectivity index is 1.85. The summed E-state index contributed by atoms with van der Waals surface area (Å²) in [5.41, 5.74) is 0.703. The van der Waals surface area contributed by atoms with Gasteiger partial charge in [0.2, 0.25) is 0 Å². The van der Waals surface area contributed by atoms with Crippen molar-refractivity contribution in [1.29, 1.82) is 0 Å². The van der Waals surface area contributed by atoms with Gasteiger partial charge in [-0.1, -0.05) is 35.7 Å². The SMILES string of the molecule is COc1cc(Br)c(CC(=O)OCC(=O)NC2CCCCC2C)cc1OC. The fourth-order valence-corrected chi connectivity index (χ4v) is 3.63. The molecular weight excluding hydrogens is 402 g/mol. The molecule has 6 nitrogen and oxygen atoms in total. The van der Waals surface area contributed by atoms with E-state index in [0.717, 1.165) is 19.3 Å². The first-order valence-electron chi connectivity index (χ1n) is 8.80. The smallest absolute Gasteiger partial charge is 0.310 e. The first kappa shape index (κ1) is 20.6. The maximum atomic E-state index is 12.1. The molecule has 2 atom stereocenters. The fourth-order valence-electron chi connectivity index (χ4n) is 3.16. The van der Waals surface area contributed by atoms with E-state index in [1.54, 1.807) is 19.2 Å². The Labute approximate surface area is 162 Å². The van der Waals surface area contributed by atoms with Gasteiger partial charge in [0.25, 0.3) is 5.91 Å². The number of halogens is 1. The van der Waals surface area contributed by atoms with E-state index in [-0.39, 0.29) is 25.0 Å². The zero-order valence-electron chi connectivity index (χ0n) is 15.5. The number of benzene rings is 1. The molecule has 1 N–H and O–H groups in total. The molecule has 1 aliphatic rings. The number of rotatable bonds is 7. The molecule has 1 aromatic carbocycles. The number of hydrogen-bond acceptors (Lipinski definition) is 5. The van der Waals surface area contributed by atoms with Gasteiger partial charge in [0.15, 0.2) is 18.1 Å². The number of methoxy groups -OCH3 is 2. The fraction of sp³-hybridized carbons (Fsp3) is 0.579. The molecule has 2 rings (SSSR count). The number of carbonyl (C=O) groups excluding carboxylic acids is 2. The lowest BCUT2D eigenvalue weighted by Gasteiger charge is -2.29. The molecule has 1 aromatic rings. The van der Waals surface area contributed by atoms with E-state index in [0.29, 0.717) is 27.5 Å². The normalized spacial score (nSPS) is 19.5. The molecular formula is C19H26BrNO5. The monoisotopic (exact) mass is 427 g/mol. The number of esters is 1. The van der Waals surface area contributed by atoms with Crippen LogP contribution in [0.4, 0.5) is 0 Å². The molecule has 26 heavy (non-hydrogen) atoms. The van der Waals surface area contributed by atoms with Crippen LogP contribution >= 0.6 is 15.9 Å². The van der Waals surface area contributed by atoms with Gasteiger partial charge in [-0.15, -0.1) is 0 Å². The van der Waals surface area contributed by atoms with Crippen LogP contribution in [0.3, 0.4) is 0 Å². The van der Waals surface area contributed by atoms with Crippen molar-refractivity contribution in [2.45, 2.75) is 45.1 Å². The van der Waals surface area contributed by atoms with Crippen LogP contribution in [-0.4, -0.2) is 38.7 Å². The van der Waals surface area contributed by atoms with Gasteiger partial charge < -0.3 is 19.5 Å². The Hall–Kier alpha value is -1.76. The minimum absolute atomic E-state index is 0.0358. The lowest BCUT2D eigenvalue weighted by molar-refractivity contribution is -0.148. The van der Waals surface area contributed by atoms with Gasteiger partial charge >= 0.3 is 5.97 Å². The van der Waals surface area contributed by atoms with Crippen LogP contribution in [0.1, 0.15) is 38.2 Å². The van der Waals surface area contributed by atoms with Crippen LogP contribution in [0.25, 0.3) is 0 Å². The van der Waals surface area contributed by atoms with E-state index < -0.39 is 5.97 Å². The minimum Gasteiger partial charge on any atom is -0.493 e. The highest BCUT2D eigenvalue weighted by Crippen LogP contribution is 2.33. The first-order chi connectivity index (χ1) is 12.4. The van der Waals surface area contributed by atoms with Crippen molar-refractivity contribution in [3.05, 3.63) is 22.2 Å². The molecule has 7 heteroatoms. The van der Waals surface area contributed by atoms with Gasteiger partial charge in [-0.2, -0.15) is 0 Å². The molecule has 1 amide bonds. The van der Waals surface area contributed by atoms with Crippen LogP contribution in [0, 0.1) is 5.92 Å². The summed E-state index contributed by atoms with van der Waals surface area (Å²) in [4.78, 5) is 24.1. The van der Waals surface area contributed by atoms with Crippen LogP contribution < -0.4 is 14.8 Å². The molecule has 0 bridgehead atoms. The summed E-state index contributed by atoms with van der Waals surface area (Å²) in [5.74, 6) is 0.847. The second-order valence-corrected chi connectivity index (χ2v) is 7.43. The quantitative estimate of drug-likeness (QED) is 0.675. The van der Waals surface area contributed by atoms with Crippen LogP contribution in [0.5, 0.6) is 11.5 Å². The molecule has 0 saturated heterocycles. The average molecular weight is 428 g/mol. The number of amides is 1. The second kappa shape index (κ2) is 9.80. The lowest BCUT2D eigenvalue weighted by Crippen LogP contribution is -2.42. The third-order valence-electron chi connectivity index (χ3n) is 4.71. The molecule has 0 spiro atoms. The highest BCUT2D eigenvalue weighted by atomic mass is 79.9. The van der Waals surface area contributed by atoms with Gasteiger partial charge in [0.05, 0.1) is 20.6 Å². The number of carbonyl (C=O) groups is 2. The highest BCUT2D eigenvalue weighted by molar-refractivity contribution is 9.10. The Bertz CT molecular complexity index is 649. The van der Waals surface area contributed by atoms with E-state index in [2.05, 4.69) is 28.2 Å². The summed E-state index contributed by atoms with van der Waals surface area (Å²) >= 11 is 3.41. The summed E-state index contributed by atoms with van der Waals surface area (Å²) in [6.45, 7) is 1.89. The van der Waals surface area contributed by atoms with Crippen molar-refractivity contribution >= 4 is 27.8 Å². The van der Waals surface area contributed by atoms with Crippen LogP contribution in [-0.2, 0) is 20.7 Å². The van der Waals surface area contributed by atoms with Gasteiger partial charge in [-0.25, -0.2) is 0 Å². The van der Waals surface area contributed by atoms with Gasteiger partial charge in [-0.05, 0) is 36.5 Å². The van der Waals surface area contributed by atoms with E-state index in [1.807, 2.05) is 0 Å². The summed E-state index contributed by atoms with van der Waals surface area (Å²) in [6, 6.07) is 3.63. The Morgan fingerprint density at radius 2 is 1.81 bits per heavy atom. The second-order valence-electron chi connectivity index (χ2n) is 6.57. The van der Waals surface area contributed by atoms with Crippen molar-refractivity contribution in [2.24, 2.45) is 5.92 Å². The first-order valence-corrected chi connectivity index (χ1v) is 9.59. The van der Waals surface area contributed by atoms with Crippen LogP contribution in [0.2, 0.25) is 0 Å². The third kappa shape index (κ3) is 5.62. The summed E-state index contributed by atoms with van der Waals surface area (Å²) < 4.78 is 16.3. The number of hydrogen-bond donors (Lipinski definition) is 1. The average Bonchev–Trinajstić information content (AvgIpc) is 2.63. The molecule has 1 fully saturated rings. The Kier molecular flexibility index (Phi) is 7.75. The molecule has 144 valence electrons. The summed E-state index contributed by atoms with van der Waals surface area (Å²) in [7, 11) is 3.08. The Morgan fingerprint density at radius 3 is 2.46 bits per heavy atom. The van der Waals surface area contributed by atoms with E-state index in [4.69, 9.17) is 14.2 Å². The molecule has 0 aromatic heterocycles.